The first kappa shape index (κ1) is 15.4. The predicted octanol–water partition coefficient (Wildman–Crippen LogP) is 0.843. The summed E-state index contributed by atoms with van der Waals surface area (Å²) in [6, 6.07) is 9.67. The third-order valence-corrected chi connectivity index (χ3v) is 6.10. The van der Waals surface area contributed by atoms with Gasteiger partial charge in [-0.2, -0.15) is 0 Å². The Balaban J connectivity index is 1.96. The van der Waals surface area contributed by atoms with Gasteiger partial charge in [0.2, 0.25) is 5.69 Å². The molecule has 1 aliphatic heterocycles. The Morgan fingerprint density at radius 2 is 2.14 bits per heavy atom. The Morgan fingerprint density at radius 3 is 2.77 bits per heavy atom. The summed E-state index contributed by atoms with van der Waals surface area (Å²) >= 11 is 5.22. The number of alkyl halides is 1. The van der Waals surface area contributed by atoms with E-state index >= 15 is 0 Å². The Labute approximate surface area is 141 Å². The average molecular weight is 382 g/mol. The van der Waals surface area contributed by atoms with Crippen molar-refractivity contribution >= 4 is 38.5 Å². The van der Waals surface area contributed by atoms with Gasteiger partial charge in [0.25, 0.3) is 0 Å². The van der Waals surface area contributed by atoms with Crippen molar-refractivity contribution in [2.45, 2.75) is 12.2 Å². The molecule has 5 nitrogen and oxygen atoms in total. The molecule has 2 aromatic rings. The first-order valence-electron chi connectivity index (χ1n) is 7.06. The van der Waals surface area contributed by atoms with Crippen LogP contribution in [0.5, 0.6) is 0 Å². The minimum atomic E-state index is -0.0385. The van der Waals surface area contributed by atoms with Crippen LogP contribution >= 0.6 is 27.7 Å². The third kappa shape index (κ3) is 2.75. The maximum absolute atomic E-state index is 12.8. The van der Waals surface area contributed by atoms with Crippen LogP contribution in [0.15, 0.2) is 35.1 Å². The number of nitrogens with one attached hydrogen (secondary N) is 2. The summed E-state index contributed by atoms with van der Waals surface area (Å²) in [5, 5.41) is 5.62. The molecule has 2 heterocycles. The van der Waals surface area contributed by atoms with Crippen LogP contribution in [0.1, 0.15) is 5.69 Å². The molecule has 1 aromatic heterocycles. The van der Waals surface area contributed by atoms with Crippen LogP contribution < -0.4 is 15.9 Å². The summed E-state index contributed by atoms with van der Waals surface area (Å²) in [6.45, 7) is 2.85. The number of hydrogen-bond acceptors (Lipinski definition) is 3. The number of hydrogen-bond donors (Lipinski definition) is 2. The second-order valence-electron chi connectivity index (χ2n) is 5.17. The highest BCUT2D eigenvalue weighted by molar-refractivity contribution is 9.09. The second kappa shape index (κ2) is 6.34. The summed E-state index contributed by atoms with van der Waals surface area (Å²) in [5.74, 6) is 0. The molecular weight excluding hydrogens is 364 g/mol. The van der Waals surface area contributed by atoms with Crippen LogP contribution in [0, 0.1) is 6.92 Å². The minimum absolute atomic E-state index is 0.0385. The first-order valence-corrected chi connectivity index (χ1v) is 9.06. The SMILES string of the molecule is Cc1c(NC2=[NH+]CC(CBr)S2)c(=O)n(-c2ccccc2)n1C. The number of para-hydroxylation sites is 1. The smallest absolute Gasteiger partial charge is 0.281 e. The molecule has 0 bridgehead atoms. The molecule has 7 heteroatoms. The van der Waals surface area contributed by atoms with E-state index in [-0.39, 0.29) is 5.56 Å². The molecule has 3 rings (SSSR count). The van der Waals surface area contributed by atoms with Crippen LogP contribution in [0.3, 0.4) is 0 Å². The molecule has 0 spiro atoms. The number of thioether (sulfide) groups is 1. The maximum atomic E-state index is 12.8. The molecule has 1 aromatic carbocycles. The number of halogens is 1. The van der Waals surface area contributed by atoms with Gasteiger partial charge in [-0.05, 0) is 30.8 Å². The number of nitrogens with zero attached hydrogens (tertiary/aromatic N) is 2. The van der Waals surface area contributed by atoms with E-state index in [2.05, 4.69) is 26.2 Å². The number of anilines is 1. The molecule has 2 N–H and O–H groups in total. The first-order chi connectivity index (χ1) is 10.6. The van der Waals surface area contributed by atoms with Gasteiger partial charge in [-0.1, -0.05) is 34.1 Å². The Hall–Kier alpha value is -1.47. The lowest BCUT2D eigenvalue weighted by Gasteiger charge is -2.06. The van der Waals surface area contributed by atoms with Crippen molar-refractivity contribution in [3.63, 3.8) is 0 Å². The number of rotatable bonds is 3. The van der Waals surface area contributed by atoms with Crippen LogP contribution in [-0.2, 0) is 7.05 Å². The lowest BCUT2D eigenvalue weighted by Crippen LogP contribution is -2.72. The highest BCUT2D eigenvalue weighted by Crippen LogP contribution is 2.19. The zero-order valence-electron chi connectivity index (χ0n) is 12.5. The molecule has 1 atom stereocenters. The van der Waals surface area contributed by atoms with Gasteiger partial charge in [-0.25, -0.2) is 10.00 Å². The van der Waals surface area contributed by atoms with Crippen molar-refractivity contribution in [2.24, 2.45) is 7.05 Å². The van der Waals surface area contributed by atoms with Crippen molar-refractivity contribution in [1.29, 1.82) is 0 Å². The van der Waals surface area contributed by atoms with Gasteiger partial charge in [-0.15, -0.1) is 0 Å². The van der Waals surface area contributed by atoms with E-state index in [4.69, 9.17) is 0 Å². The van der Waals surface area contributed by atoms with Crippen LogP contribution in [0.4, 0.5) is 5.69 Å². The van der Waals surface area contributed by atoms with Gasteiger partial charge in [0, 0.05) is 12.4 Å². The van der Waals surface area contributed by atoms with E-state index < -0.39 is 0 Å². The fourth-order valence-corrected chi connectivity index (χ4v) is 3.96. The van der Waals surface area contributed by atoms with Gasteiger partial charge in [0.15, 0.2) is 0 Å². The Morgan fingerprint density at radius 1 is 1.41 bits per heavy atom. The van der Waals surface area contributed by atoms with E-state index in [0.717, 1.165) is 28.4 Å². The van der Waals surface area contributed by atoms with Gasteiger partial charge >= 0.3 is 10.7 Å². The molecular formula is C15H18BrN4OS+. The summed E-state index contributed by atoms with van der Waals surface area (Å²) < 4.78 is 3.56. The molecule has 0 radical (unpaired) electrons. The molecule has 1 aliphatic rings. The summed E-state index contributed by atoms with van der Waals surface area (Å²) in [7, 11) is 1.90. The van der Waals surface area contributed by atoms with Crippen LogP contribution in [-0.4, -0.2) is 31.7 Å². The molecule has 0 amide bonds. The molecule has 0 fully saturated rings. The van der Waals surface area contributed by atoms with Crippen molar-refractivity contribution in [3.8, 4) is 5.69 Å². The topological polar surface area (TPSA) is 52.9 Å². The van der Waals surface area contributed by atoms with Gasteiger partial charge < -0.3 is 0 Å². The maximum Gasteiger partial charge on any atom is 0.318 e. The molecule has 116 valence electrons. The summed E-state index contributed by atoms with van der Waals surface area (Å²) in [4.78, 5) is 16.1. The van der Waals surface area contributed by atoms with Gasteiger partial charge in [0.1, 0.15) is 0 Å². The highest BCUT2D eigenvalue weighted by Gasteiger charge is 2.27. The number of amidine groups is 1. The predicted molar refractivity (Wildman–Crippen MR) is 95.4 cm³/mol. The Bertz CT molecular complexity index is 766. The van der Waals surface area contributed by atoms with Crippen LogP contribution in [0.25, 0.3) is 5.69 Å². The molecule has 0 saturated carbocycles. The normalized spacial score (nSPS) is 17.6. The van der Waals surface area contributed by atoms with Crippen LogP contribution in [0.2, 0.25) is 0 Å². The van der Waals surface area contributed by atoms with Crippen molar-refractivity contribution < 1.29 is 4.99 Å². The third-order valence-electron chi connectivity index (χ3n) is 3.74. The average Bonchev–Trinajstić information content (AvgIpc) is 3.07. The minimum Gasteiger partial charge on any atom is -0.281 e. The number of aromatic nitrogens is 2. The monoisotopic (exact) mass is 381 g/mol. The van der Waals surface area contributed by atoms with Crippen molar-refractivity contribution in [3.05, 3.63) is 46.4 Å². The van der Waals surface area contributed by atoms with E-state index in [0.29, 0.717) is 10.9 Å². The number of benzene rings is 1. The second-order valence-corrected chi connectivity index (χ2v) is 7.12. The van der Waals surface area contributed by atoms with Crippen molar-refractivity contribution in [1.82, 2.24) is 9.36 Å². The largest absolute Gasteiger partial charge is 0.318 e. The fourth-order valence-electron chi connectivity index (χ4n) is 2.44. The van der Waals surface area contributed by atoms with E-state index in [9.17, 15) is 4.79 Å². The van der Waals surface area contributed by atoms with Crippen molar-refractivity contribution in [2.75, 3.05) is 17.2 Å². The summed E-state index contributed by atoms with van der Waals surface area (Å²) in [5.41, 5.74) is 2.35. The molecule has 0 saturated heterocycles. The molecule has 1 unspecified atom stereocenters. The van der Waals surface area contributed by atoms with E-state index in [1.807, 2.05) is 49.0 Å². The molecule has 22 heavy (non-hydrogen) atoms. The zero-order chi connectivity index (χ0) is 15.7. The lowest BCUT2D eigenvalue weighted by molar-refractivity contribution is -0.448. The Kier molecular flexibility index (Phi) is 4.44. The zero-order valence-corrected chi connectivity index (χ0v) is 14.9. The lowest BCUT2D eigenvalue weighted by atomic mass is 10.3. The van der Waals surface area contributed by atoms with E-state index in [1.165, 1.54) is 0 Å². The highest BCUT2D eigenvalue weighted by atomic mass is 79.9. The quantitative estimate of drug-likeness (QED) is 0.774. The van der Waals surface area contributed by atoms with E-state index in [1.54, 1.807) is 16.4 Å². The summed E-state index contributed by atoms with van der Waals surface area (Å²) in [6.07, 6.45) is 0. The molecule has 0 aliphatic carbocycles. The standard InChI is InChI=1S/C15H17BrN4OS/c1-10-13(18-15-17-9-12(8-16)22-15)14(21)20(19(10)2)11-6-4-3-5-7-11/h3-7,12H,8-9H2,1-2H3,(H,17,18)/p+1. The van der Waals surface area contributed by atoms with Gasteiger partial charge in [-0.3, -0.25) is 14.5 Å². The fraction of sp³-hybridized carbons (Fsp3) is 0.333. The van der Waals surface area contributed by atoms with Gasteiger partial charge in [0.05, 0.1) is 23.2 Å².